The molecule has 0 spiro atoms. The molecule has 0 aromatic carbocycles. The number of hydrogen-bond donors (Lipinski definition) is 1. The van der Waals surface area contributed by atoms with Gasteiger partial charge in [0, 0.05) is 0 Å². The Bertz CT molecular complexity index is 307. The monoisotopic (exact) mass is 418 g/mol. The molecule has 0 aliphatic heterocycles. The summed E-state index contributed by atoms with van der Waals surface area (Å²) in [4.78, 5) is 0. The zero-order chi connectivity index (χ0) is 20.9. The largest absolute Gasteiger partial charge is 0.386 e. The molecule has 0 saturated heterocycles. The van der Waals surface area contributed by atoms with Crippen molar-refractivity contribution in [1.29, 1.82) is 0 Å². The minimum absolute atomic E-state index is 0.359. The molecule has 0 fully saturated rings. The van der Waals surface area contributed by atoms with E-state index in [4.69, 9.17) is 11.6 Å². The highest BCUT2D eigenvalue weighted by Gasteiger charge is 2.25. The van der Waals surface area contributed by atoms with E-state index in [1.54, 1.807) is 0 Å². The van der Waals surface area contributed by atoms with Crippen molar-refractivity contribution in [1.82, 2.24) is 0 Å². The van der Waals surface area contributed by atoms with Crippen LogP contribution < -0.4 is 0 Å². The number of halogens is 1. The number of unbranched alkanes of at least 4 members (excludes halogenated alkanes) is 15. The van der Waals surface area contributed by atoms with Gasteiger partial charge >= 0.3 is 0 Å². The molecule has 0 saturated carbocycles. The van der Waals surface area contributed by atoms with Crippen molar-refractivity contribution < 1.29 is 9.59 Å². The molecular weight excluding hydrogens is 366 g/mol. The number of likely N-dealkylation sites (N-methyl/N-ethyl adjacent to an activating group) is 1. The molecule has 1 N–H and O–H groups in total. The first kappa shape index (κ1) is 28.2. The highest BCUT2D eigenvalue weighted by molar-refractivity contribution is 6.18. The molecular formula is C25H53ClNO+. The summed E-state index contributed by atoms with van der Waals surface area (Å²) in [6.45, 7) is 11.0. The summed E-state index contributed by atoms with van der Waals surface area (Å²) in [5.74, 6) is 0.360. The maximum absolute atomic E-state index is 9.94. The highest BCUT2D eigenvalue weighted by Crippen LogP contribution is 2.16. The Balaban J connectivity index is 3.44. The van der Waals surface area contributed by atoms with E-state index in [1.165, 1.54) is 109 Å². The second-order valence-corrected chi connectivity index (χ2v) is 9.30. The van der Waals surface area contributed by atoms with E-state index >= 15 is 0 Å². The molecule has 0 amide bonds. The van der Waals surface area contributed by atoms with Crippen LogP contribution in [0.5, 0.6) is 0 Å². The Morgan fingerprint density at radius 3 is 1.29 bits per heavy atom. The number of rotatable bonds is 22. The Hall–Kier alpha value is 0.210. The lowest BCUT2D eigenvalue weighted by Crippen LogP contribution is -2.52. The molecule has 170 valence electrons. The molecule has 0 rings (SSSR count). The van der Waals surface area contributed by atoms with E-state index < -0.39 is 0 Å². The van der Waals surface area contributed by atoms with Crippen molar-refractivity contribution >= 4 is 11.6 Å². The summed E-state index contributed by atoms with van der Waals surface area (Å²) in [5.41, 5.74) is 0. The zero-order valence-electron chi connectivity index (χ0n) is 19.7. The van der Waals surface area contributed by atoms with E-state index in [2.05, 4.69) is 20.8 Å². The first-order valence-corrected chi connectivity index (χ1v) is 13.3. The predicted octanol–water partition coefficient (Wildman–Crippen LogP) is 7.70. The second-order valence-electron chi connectivity index (χ2n) is 8.99. The minimum atomic E-state index is -0.359. The lowest BCUT2D eigenvalue weighted by molar-refractivity contribution is -0.927. The van der Waals surface area contributed by atoms with E-state index in [0.29, 0.717) is 5.88 Å². The molecule has 1 atom stereocenters. The van der Waals surface area contributed by atoms with Crippen LogP contribution in [0, 0.1) is 0 Å². The average molecular weight is 419 g/mol. The summed E-state index contributed by atoms with van der Waals surface area (Å²) in [7, 11) is 0. The van der Waals surface area contributed by atoms with Crippen LogP contribution in [-0.4, -0.2) is 47.8 Å². The summed E-state index contributed by atoms with van der Waals surface area (Å²) >= 11 is 5.81. The Kier molecular flexibility index (Phi) is 20.6. The van der Waals surface area contributed by atoms with E-state index in [1.807, 2.05) is 0 Å². The fraction of sp³-hybridized carbons (Fsp3) is 1.00. The maximum atomic E-state index is 9.94. The number of aliphatic hydroxyl groups is 1. The van der Waals surface area contributed by atoms with Gasteiger partial charge in [0.1, 0.15) is 12.6 Å². The van der Waals surface area contributed by atoms with Crippen LogP contribution in [0.15, 0.2) is 0 Å². The Morgan fingerprint density at radius 1 is 0.607 bits per heavy atom. The van der Waals surface area contributed by atoms with Crippen LogP contribution in [0.2, 0.25) is 0 Å². The molecule has 0 bridgehead atoms. The molecule has 2 nitrogen and oxygen atoms in total. The van der Waals surface area contributed by atoms with Gasteiger partial charge in [-0.15, -0.1) is 11.6 Å². The third kappa shape index (κ3) is 16.1. The predicted molar refractivity (Wildman–Crippen MR) is 127 cm³/mol. The number of quaternary nitrogens is 1. The number of hydrogen-bond acceptors (Lipinski definition) is 1. The molecule has 1 unspecified atom stereocenters. The van der Waals surface area contributed by atoms with Gasteiger partial charge in [-0.25, -0.2) is 0 Å². The summed E-state index contributed by atoms with van der Waals surface area (Å²) < 4.78 is 1.02. The lowest BCUT2D eigenvalue weighted by atomic mass is 10.0. The second kappa shape index (κ2) is 20.5. The quantitative estimate of drug-likeness (QED) is 0.108. The van der Waals surface area contributed by atoms with Gasteiger partial charge in [0.15, 0.2) is 0 Å². The zero-order valence-corrected chi connectivity index (χ0v) is 20.5. The van der Waals surface area contributed by atoms with E-state index in [0.717, 1.165) is 24.1 Å². The van der Waals surface area contributed by atoms with Gasteiger partial charge in [0.05, 0.1) is 25.5 Å². The normalized spacial score (nSPS) is 13.2. The fourth-order valence-electron chi connectivity index (χ4n) is 4.38. The highest BCUT2D eigenvalue weighted by atomic mass is 35.5. The lowest BCUT2D eigenvalue weighted by Gasteiger charge is -2.38. The fourth-order valence-corrected chi connectivity index (χ4v) is 4.48. The van der Waals surface area contributed by atoms with Crippen molar-refractivity contribution in [3.63, 3.8) is 0 Å². The van der Waals surface area contributed by atoms with Gasteiger partial charge in [-0.2, -0.15) is 0 Å². The minimum Gasteiger partial charge on any atom is -0.386 e. The van der Waals surface area contributed by atoms with Gasteiger partial charge in [-0.1, -0.05) is 96.8 Å². The first-order chi connectivity index (χ1) is 13.6. The Labute approximate surface area is 183 Å². The first-order valence-electron chi connectivity index (χ1n) is 12.7. The smallest absolute Gasteiger partial charge is 0.116 e. The molecule has 0 aromatic rings. The van der Waals surface area contributed by atoms with E-state index in [9.17, 15) is 5.11 Å². The molecule has 0 aromatic heterocycles. The number of nitrogens with zero attached hydrogens (tertiary/aromatic N) is 1. The van der Waals surface area contributed by atoms with Gasteiger partial charge in [-0.3, -0.25) is 0 Å². The third-order valence-electron chi connectivity index (χ3n) is 6.60. The SMILES string of the molecule is CCCCCCCCCCCCCCCCCC[N+](CC)(CC)CC(O)CCl. The van der Waals surface area contributed by atoms with Crippen LogP contribution in [0.4, 0.5) is 0 Å². The van der Waals surface area contributed by atoms with Gasteiger partial charge < -0.3 is 9.59 Å². The van der Waals surface area contributed by atoms with Crippen molar-refractivity contribution in [2.24, 2.45) is 0 Å². The van der Waals surface area contributed by atoms with Crippen LogP contribution in [0.25, 0.3) is 0 Å². The van der Waals surface area contributed by atoms with Gasteiger partial charge in [0.25, 0.3) is 0 Å². The standard InChI is InChI=1S/C25H53ClNO/c1-4-7-8-9-10-11-12-13-14-15-16-17-18-19-20-21-22-27(5-2,6-3)24-25(28)23-26/h25,28H,4-24H2,1-3H3/q+1. The Morgan fingerprint density at radius 2 is 0.964 bits per heavy atom. The van der Waals surface area contributed by atoms with Crippen LogP contribution in [-0.2, 0) is 0 Å². The number of alkyl halides is 1. The topological polar surface area (TPSA) is 20.2 Å². The van der Waals surface area contributed by atoms with Crippen molar-refractivity contribution in [2.45, 2.75) is 130 Å². The van der Waals surface area contributed by atoms with Crippen molar-refractivity contribution in [3.8, 4) is 0 Å². The van der Waals surface area contributed by atoms with Crippen molar-refractivity contribution in [3.05, 3.63) is 0 Å². The third-order valence-corrected chi connectivity index (χ3v) is 6.96. The molecule has 0 aliphatic carbocycles. The number of aliphatic hydroxyl groups excluding tert-OH is 1. The average Bonchev–Trinajstić information content (AvgIpc) is 2.72. The molecule has 28 heavy (non-hydrogen) atoms. The molecule has 0 radical (unpaired) electrons. The van der Waals surface area contributed by atoms with E-state index in [-0.39, 0.29) is 6.10 Å². The van der Waals surface area contributed by atoms with Crippen LogP contribution in [0.1, 0.15) is 124 Å². The molecule has 0 aliphatic rings. The van der Waals surface area contributed by atoms with Gasteiger partial charge in [-0.05, 0) is 26.7 Å². The van der Waals surface area contributed by atoms with Gasteiger partial charge in [0.2, 0.25) is 0 Å². The van der Waals surface area contributed by atoms with Crippen LogP contribution >= 0.6 is 11.6 Å². The van der Waals surface area contributed by atoms with Crippen molar-refractivity contribution in [2.75, 3.05) is 32.1 Å². The molecule has 3 heteroatoms. The molecule has 0 heterocycles. The summed E-state index contributed by atoms with van der Waals surface area (Å²) in [6, 6.07) is 0. The maximum Gasteiger partial charge on any atom is 0.116 e. The summed E-state index contributed by atoms with van der Waals surface area (Å²) in [6.07, 6.45) is 22.3. The summed E-state index contributed by atoms with van der Waals surface area (Å²) in [5, 5.41) is 9.94. The van der Waals surface area contributed by atoms with Crippen LogP contribution in [0.3, 0.4) is 0 Å².